The highest BCUT2D eigenvalue weighted by Gasteiger charge is 2.41. The van der Waals surface area contributed by atoms with E-state index in [2.05, 4.69) is 45.5 Å². The number of hydrogen-bond acceptors (Lipinski definition) is 4. The maximum atomic E-state index is 11.7. The third-order valence-electron chi connectivity index (χ3n) is 5.16. The summed E-state index contributed by atoms with van der Waals surface area (Å²) in [4.78, 5) is 11.4. The van der Waals surface area contributed by atoms with Crippen molar-refractivity contribution in [1.82, 2.24) is 0 Å². The Bertz CT molecular complexity index is 879. The summed E-state index contributed by atoms with van der Waals surface area (Å²) in [6, 6.07) is 11.7. The normalized spacial score (nSPS) is 23.1. The second-order valence-electron chi connectivity index (χ2n) is 6.62. The highest BCUT2D eigenvalue weighted by atomic mass is 79.9. The molecule has 3 atom stereocenters. The van der Waals surface area contributed by atoms with E-state index in [1.165, 1.54) is 6.07 Å². The van der Waals surface area contributed by atoms with Gasteiger partial charge in [0.1, 0.15) is 11.4 Å². The highest BCUT2D eigenvalue weighted by molar-refractivity contribution is 9.10. The Kier molecular flexibility index (Phi) is 4.44. The lowest BCUT2D eigenvalue weighted by Crippen LogP contribution is -2.29. The molecule has 1 aliphatic carbocycles. The summed E-state index contributed by atoms with van der Waals surface area (Å²) in [5.41, 5.74) is 2.78. The molecule has 6 heteroatoms. The highest BCUT2D eigenvalue weighted by Crippen LogP contribution is 2.53. The van der Waals surface area contributed by atoms with Gasteiger partial charge in [0.2, 0.25) is 0 Å². The molecular formula is C20H19BrN2O3. The molecule has 0 bridgehead atoms. The van der Waals surface area contributed by atoms with Gasteiger partial charge in [-0.25, -0.2) is 0 Å². The van der Waals surface area contributed by atoms with Crippen molar-refractivity contribution < 1.29 is 9.66 Å². The van der Waals surface area contributed by atoms with E-state index in [4.69, 9.17) is 4.74 Å². The molecule has 1 aliphatic heterocycles. The number of benzene rings is 2. The molecule has 26 heavy (non-hydrogen) atoms. The number of anilines is 1. The van der Waals surface area contributed by atoms with E-state index in [0.717, 1.165) is 22.0 Å². The topological polar surface area (TPSA) is 64.4 Å². The van der Waals surface area contributed by atoms with Crippen LogP contribution in [0.25, 0.3) is 0 Å². The Hall–Kier alpha value is -2.34. The molecule has 1 heterocycles. The summed E-state index contributed by atoms with van der Waals surface area (Å²) in [6.07, 6.45) is 5.30. The molecule has 0 saturated carbocycles. The summed E-state index contributed by atoms with van der Waals surface area (Å²) in [7, 11) is 0. The van der Waals surface area contributed by atoms with Crippen LogP contribution in [0.15, 0.2) is 53.0 Å². The average molecular weight is 415 g/mol. The predicted molar refractivity (Wildman–Crippen MR) is 105 cm³/mol. The van der Waals surface area contributed by atoms with Gasteiger partial charge < -0.3 is 10.1 Å². The van der Waals surface area contributed by atoms with E-state index in [1.54, 1.807) is 0 Å². The van der Waals surface area contributed by atoms with E-state index in [1.807, 2.05) is 25.1 Å². The molecule has 0 radical (unpaired) electrons. The Morgan fingerprint density at radius 3 is 2.77 bits per heavy atom. The Balaban J connectivity index is 1.83. The minimum Gasteiger partial charge on any atom is -0.494 e. The van der Waals surface area contributed by atoms with Crippen LogP contribution in [-0.4, -0.2) is 11.5 Å². The fourth-order valence-corrected chi connectivity index (χ4v) is 4.31. The van der Waals surface area contributed by atoms with Gasteiger partial charge in [-0.15, -0.1) is 0 Å². The van der Waals surface area contributed by atoms with Crippen molar-refractivity contribution in [2.45, 2.75) is 25.3 Å². The molecule has 0 saturated heterocycles. The molecule has 2 aromatic rings. The van der Waals surface area contributed by atoms with Crippen LogP contribution in [0.5, 0.6) is 5.75 Å². The second-order valence-corrected chi connectivity index (χ2v) is 7.54. The Morgan fingerprint density at radius 2 is 2.08 bits per heavy atom. The molecule has 2 aromatic carbocycles. The van der Waals surface area contributed by atoms with Gasteiger partial charge in [-0.2, -0.15) is 0 Å². The fraction of sp³-hybridized carbons (Fsp3) is 0.300. The van der Waals surface area contributed by atoms with Crippen molar-refractivity contribution in [3.63, 3.8) is 0 Å². The van der Waals surface area contributed by atoms with Crippen molar-refractivity contribution in [3.05, 3.63) is 74.3 Å². The summed E-state index contributed by atoms with van der Waals surface area (Å²) in [5.74, 6) is 1.04. The number of nitro benzene ring substituents is 1. The van der Waals surface area contributed by atoms with Gasteiger partial charge in [-0.05, 0) is 48.6 Å². The zero-order valence-electron chi connectivity index (χ0n) is 14.3. The average Bonchev–Trinajstić information content (AvgIpc) is 3.11. The van der Waals surface area contributed by atoms with Gasteiger partial charge in [0.25, 0.3) is 5.69 Å². The minimum absolute atomic E-state index is 0.0345. The van der Waals surface area contributed by atoms with Crippen molar-refractivity contribution in [1.29, 1.82) is 0 Å². The molecule has 0 aromatic heterocycles. The van der Waals surface area contributed by atoms with Crippen LogP contribution in [0.1, 0.15) is 36.4 Å². The van der Waals surface area contributed by atoms with Gasteiger partial charge in [0, 0.05) is 10.4 Å². The first-order valence-electron chi connectivity index (χ1n) is 8.72. The number of nitrogens with zero attached hydrogens (tertiary/aromatic N) is 1. The van der Waals surface area contributed by atoms with Gasteiger partial charge in [-0.1, -0.05) is 40.2 Å². The molecule has 5 nitrogen and oxygen atoms in total. The third-order valence-corrected chi connectivity index (χ3v) is 5.69. The van der Waals surface area contributed by atoms with Crippen LogP contribution in [0.3, 0.4) is 0 Å². The zero-order valence-corrected chi connectivity index (χ0v) is 15.9. The maximum absolute atomic E-state index is 11.7. The van der Waals surface area contributed by atoms with Crippen LogP contribution < -0.4 is 10.1 Å². The van der Waals surface area contributed by atoms with Gasteiger partial charge in [-0.3, -0.25) is 10.1 Å². The number of ether oxygens (including phenoxy) is 1. The van der Waals surface area contributed by atoms with E-state index in [-0.39, 0.29) is 22.6 Å². The smallest absolute Gasteiger partial charge is 0.296 e. The quantitative estimate of drug-likeness (QED) is 0.402. The van der Waals surface area contributed by atoms with Crippen LogP contribution >= 0.6 is 15.9 Å². The largest absolute Gasteiger partial charge is 0.494 e. The summed E-state index contributed by atoms with van der Waals surface area (Å²) in [5, 5.41) is 15.2. The lowest BCUT2D eigenvalue weighted by atomic mass is 9.76. The van der Waals surface area contributed by atoms with Crippen LogP contribution in [0.2, 0.25) is 0 Å². The lowest BCUT2D eigenvalue weighted by molar-refractivity contribution is -0.384. The number of halogens is 1. The van der Waals surface area contributed by atoms with Crippen LogP contribution in [0.4, 0.5) is 11.4 Å². The lowest BCUT2D eigenvalue weighted by Gasteiger charge is -2.37. The molecular weight excluding hydrogens is 396 g/mol. The fourth-order valence-electron chi connectivity index (χ4n) is 4.05. The molecule has 4 rings (SSSR count). The van der Waals surface area contributed by atoms with E-state index in [0.29, 0.717) is 24.0 Å². The maximum Gasteiger partial charge on any atom is 0.296 e. The molecule has 0 unspecified atom stereocenters. The minimum atomic E-state index is -0.327. The van der Waals surface area contributed by atoms with Gasteiger partial charge in [0.05, 0.1) is 23.6 Å². The molecule has 1 N–H and O–H groups in total. The van der Waals surface area contributed by atoms with Crippen molar-refractivity contribution in [3.8, 4) is 5.75 Å². The van der Waals surface area contributed by atoms with Gasteiger partial charge >= 0.3 is 0 Å². The van der Waals surface area contributed by atoms with Crippen molar-refractivity contribution in [2.24, 2.45) is 5.92 Å². The number of nitro groups is 1. The van der Waals surface area contributed by atoms with Crippen molar-refractivity contribution >= 4 is 27.3 Å². The van der Waals surface area contributed by atoms with Crippen molar-refractivity contribution in [2.75, 3.05) is 11.9 Å². The SMILES string of the molecule is CCOc1cc2c(c([N+](=O)[O-])c1)N[C@@H](c1ccc(Br)cc1)[C@H]1CC=C[C@H]21. The number of nitrogens with one attached hydrogen (secondary N) is 1. The molecule has 0 fully saturated rings. The molecule has 2 aliphatic rings. The Labute approximate surface area is 160 Å². The first kappa shape index (κ1) is 17.1. The van der Waals surface area contributed by atoms with E-state index in [9.17, 15) is 10.1 Å². The zero-order chi connectivity index (χ0) is 18.3. The Morgan fingerprint density at radius 1 is 1.31 bits per heavy atom. The van der Waals surface area contributed by atoms with E-state index < -0.39 is 0 Å². The monoisotopic (exact) mass is 414 g/mol. The first-order chi connectivity index (χ1) is 12.6. The standard InChI is InChI=1S/C20H19BrN2O3/c1-2-26-14-10-17-15-4-3-5-16(15)19(12-6-8-13(21)9-7-12)22-20(17)18(11-14)23(24)25/h3-4,6-11,15-16,19,22H,2,5H2,1H3/t15-,16-,19-/m0/s1. The summed E-state index contributed by atoms with van der Waals surface area (Å²) < 4.78 is 6.59. The summed E-state index contributed by atoms with van der Waals surface area (Å²) >= 11 is 3.47. The number of rotatable bonds is 4. The molecule has 0 amide bonds. The number of hydrogen-bond donors (Lipinski definition) is 1. The number of allylic oxidation sites excluding steroid dienone is 2. The van der Waals surface area contributed by atoms with Crippen LogP contribution in [-0.2, 0) is 0 Å². The molecule has 134 valence electrons. The number of fused-ring (bicyclic) bond motifs is 3. The summed E-state index contributed by atoms with van der Waals surface area (Å²) in [6.45, 7) is 2.36. The first-order valence-corrected chi connectivity index (χ1v) is 9.51. The van der Waals surface area contributed by atoms with Crippen LogP contribution in [0, 0.1) is 16.0 Å². The van der Waals surface area contributed by atoms with E-state index >= 15 is 0 Å². The predicted octanol–water partition coefficient (Wildman–Crippen LogP) is 5.58. The second kappa shape index (κ2) is 6.76. The third kappa shape index (κ3) is 2.88. The van der Waals surface area contributed by atoms with Gasteiger partial charge in [0.15, 0.2) is 0 Å². The molecule has 0 spiro atoms.